The van der Waals surface area contributed by atoms with Crippen LogP contribution in [0.5, 0.6) is 11.5 Å². The summed E-state index contributed by atoms with van der Waals surface area (Å²) in [5.41, 5.74) is 4.67. The van der Waals surface area contributed by atoms with E-state index >= 15 is 0 Å². The molecular weight excluding hydrogens is 408 g/mol. The zero-order valence-corrected chi connectivity index (χ0v) is 17.0. The molecule has 0 atom stereocenters. The van der Waals surface area contributed by atoms with Crippen LogP contribution < -0.4 is 14.9 Å². The summed E-state index contributed by atoms with van der Waals surface area (Å²) >= 11 is 6.42. The molecule has 0 aliphatic carbocycles. The monoisotopic (exact) mass is 424 g/mol. The van der Waals surface area contributed by atoms with Gasteiger partial charge in [-0.25, -0.2) is 0 Å². The van der Waals surface area contributed by atoms with E-state index in [1.54, 1.807) is 30.3 Å². The van der Waals surface area contributed by atoms with Gasteiger partial charge in [-0.05, 0) is 48.1 Å². The first-order chi connectivity index (χ1) is 14.1. The zero-order chi connectivity index (χ0) is 20.4. The zero-order valence-electron chi connectivity index (χ0n) is 15.4. The summed E-state index contributed by atoms with van der Waals surface area (Å²) in [5, 5.41) is 1.08. The first-order valence-corrected chi connectivity index (χ1v) is 9.93. The van der Waals surface area contributed by atoms with E-state index in [0.717, 1.165) is 33.7 Å². The Kier molecular flexibility index (Phi) is 5.37. The van der Waals surface area contributed by atoms with Crippen LogP contribution in [0.4, 0.5) is 0 Å². The Morgan fingerprint density at radius 1 is 1.24 bits per heavy atom. The van der Waals surface area contributed by atoms with Gasteiger partial charge in [-0.2, -0.15) is 5.01 Å². The third-order valence-corrected chi connectivity index (χ3v) is 5.63. The van der Waals surface area contributed by atoms with Crippen molar-refractivity contribution in [2.75, 3.05) is 13.7 Å². The van der Waals surface area contributed by atoms with Crippen LogP contribution in [0.2, 0.25) is 0 Å². The third-order valence-electron chi connectivity index (χ3n) is 4.33. The van der Waals surface area contributed by atoms with Crippen LogP contribution in [0.25, 0.3) is 6.08 Å². The van der Waals surface area contributed by atoms with E-state index in [-0.39, 0.29) is 10.2 Å². The predicted molar refractivity (Wildman–Crippen MR) is 115 cm³/mol. The van der Waals surface area contributed by atoms with Gasteiger partial charge < -0.3 is 9.47 Å². The van der Waals surface area contributed by atoms with Crippen LogP contribution in [0, 0.1) is 0 Å². The maximum atomic E-state index is 12.8. The number of thiocarbonyl (C=S) groups is 1. The number of hydrazine groups is 1. The molecule has 0 spiro atoms. The number of thioether (sulfide) groups is 1. The van der Waals surface area contributed by atoms with Gasteiger partial charge >= 0.3 is 0 Å². The van der Waals surface area contributed by atoms with Crippen LogP contribution in [-0.4, -0.2) is 34.9 Å². The third kappa shape index (κ3) is 3.90. The van der Waals surface area contributed by atoms with Crippen molar-refractivity contribution >= 4 is 46.2 Å². The molecule has 1 saturated heterocycles. The summed E-state index contributed by atoms with van der Waals surface area (Å²) in [5.74, 6) is 0.354. The number of carbonyl (C=O) groups is 2. The van der Waals surface area contributed by atoms with Crippen LogP contribution in [0.3, 0.4) is 0 Å². The van der Waals surface area contributed by atoms with E-state index in [1.807, 2.05) is 30.3 Å². The number of carbonyl (C=O) groups excluding carboxylic acids is 2. The number of fused-ring (bicyclic) bond motifs is 1. The maximum absolute atomic E-state index is 12.8. The number of benzene rings is 2. The van der Waals surface area contributed by atoms with E-state index in [1.165, 1.54) is 7.11 Å². The second-order valence-electron chi connectivity index (χ2n) is 6.20. The summed E-state index contributed by atoms with van der Waals surface area (Å²) in [6, 6.07) is 14.4. The Labute approximate surface area is 177 Å². The van der Waals surface area contributed by atoms with Gasteiger partial charge in [0.25, 0.3) is 11.8 Å². The molecule has 146 valence electrons. The van der Waals surface area contributed by atoms with Crippen molar-refractivity contribution in [3.63, 3.8) is 0 Å². The lowest BCUT2D eigenvalue weighted by Gasteiger charge is -2.17. The van der Waals surface area contributed by atoms with E-state index in [4.69, 9.17) is 21.7 Å². The van der Waals surface area contributed by atoms with Crippen LogP contribution >= 0.6 is 24.0 Å². The molecule has 0 bridgehead atoms. The average Bonchev–Trinajstić information content (AvgIpc) is 3.00. The average molecular weight is 425 g/mol. The number of nitrogens with zero attached hydrogens (tertiary/aromatic N) is 1. The highest BCUT2D eigenvalue weighted by atomic mass is 32.2. The fourth-order valence-electron chi connectivity index (χ4n) is 2.94. The van der Waals surface area contributed by atoms with Crippen LogP contribution in [-0.2, 0) is 4.79 Å². The normalized spacial score (nSPS) is 16.9. The fourth-order valence-corrected chi connectivity index (χ4v) is 4.14. The number of hydrogen-bond donors (Lipinski definition) is 1. The van der Waals surface area contributed by atoms with E-state index in [2.05, 4.69) is 5.43 Å². The van der Waals surface area contributed by atoms with Gasteiger partial charge in [-0.15, -0.1) is 0 Å². The molecule has 2 aliphatic heterocycles. The quantitative estimate of drug-likeness (QED) is 0.598. The molecule has 2 aromatic rings. The molecule has 1 fully saturated rings. The summed E-state index contributed by atoms with van der Waals surface area (Å²) in [6.45, 7) is 0.356. The number of para-hydroxylation sites is 2. The minimum Gasteiger partial charge on any atom is -0.496 e. The Morgan fingerprint density at radius 3 is 2.83 bits per heavy atom. The number of nitrogens with one attached hydrogen (secondary N) is 1. The lowest BCUT2D eigenvalue weighted by molar-refractivity contribution is -0.123. The van der Waals surface area contributed by atoms with Crippen molar-refractivity contribution in [3.05, 3.63) is 76.2 Å². The molecule has 0 unspecified atom stereocenters. The number of methoxy groups -OCH3 is 1. The Hall–Kier alpha value is -3.10. The Morgan fingerprint density at radius 2 is 2.00 bits per heavy atom. The highest BCUT2D eigenvalue weighted by molar-refractivity contribution is 8.26. The number of amides is 2. The van der Waals surface area contributed by atoms with Gasteiger partial charge in [0.15, 0.2) is 4.32 Å². The minimum absolute atomic E-state index is 0.252. The van der Waals surface area contributed by atoms with Crippen molar-refractivity contribution in [1.82, 2.24) is 10.4 Å². The summed E-state index contributed by atoms with van der Waals surface area (Å²) in [6.07, 6.45) is 3.71. The van der Waals surface area contributed by atoms with E-state index < -0.39 is 5.91 Å². The molecule has 1 N–H and O–H groups in total. The first-order valence-electron chi connectivity index (χ1n) is 8.71. The highest BCUT2D eigenvalue weighted by Gasteiger charge is 2.34. The van der Waals surface area contributed by atoms with E-state index in [0.29, 0.717) is 22.8 Å². The molecule has 2 aromatic carbocycles. The summed E-state index contributed by atoms with van der Waals surface area (Å²) < 4.78 is 11.2. The second-order valence-corrected chi connectivity index (χ2v) is 7.88. The fraction of sp³-hybridized carbons (Fsp3) is 0.0952. The van der Waals surface area contributed by atoms with Gasteiger partial charge in [0.1, 0.15) is 18.1 Å². The van der Waals surface area contributed by atoms with Crippen molar-refractivity contribution in [2.45, 2.75) is 0 Å². The molecular formula is C21H16N2O4S2. The number of rotatable bonds is 4. The van der Waals surface area contributed by atoms with Crippen LogP contribution in [0.1, 0.15) is 15.9 Å². The molecule has 2 aliphatic rings. The molecule has 4 rings (SSSR count). The summed E-state index contributed by atoms with van der Waals surface area (Å²) in [4.78, 5) is 25.8. The highest BCUT2D eigenvalue weighted by Crippen LogP contribution is 2.33. The molecule has 8 heteroatoms. The van der Waals surface area contributed by atoms with E-state index in [9.17, 15) is 9.59 Å². The summed E-state index contributed by atoms with van der Waals surface area (Å²) in [7, 11) is 1.48. The van der Waals surface area contributed by atoms with Crippen molar-refractivity contribution < 1.29 is 19.1 Å². The minimum atomic E-state index is -0.478. The SMILES string of the molecule is COc1ccccc1C(=O)NN1C(=O)/C(=C/C2=Cc3ccccc3OC2)SC1=S. The molecule has 2 amide bonds. The maximum Gasteiger partial charge on any atom is 0.285 e. The Bertz CT molecular complexity index is 1080. The smallest absolute Gasteiger partial charge is 0.285 e. The second kappa shape index (κ2) is 8.10. The van der Waals surface area contributed by atoms with Gasteiger partial charge in [-0.3, -0.25) is 15.0 Å². The lowest BCUT2D eigenvalue weighted by Crippen LogP contribution is -2.44. The standard InChI is InChI=1S/C21H16N2O4S2/c1-26-17-9-5-3-7-15(17)19(24)22-23-20(25)18(29-21(23)28)11-13-10-14-6-2-4-8-16(14)27-12-13/h2-11H,12H2,1H3,(H,22,24)/b18-11-. The Balaban J connectivity index is 1.53. The van der Waals surface area contributed by atoms with Gasteiger partial charge in [0, 0.05) is 5.56 Å². The molecule has 0 saturated carbocycles. The molecule has 0 aromatic heterocycles. The predicted octanol–water partition coefficient (Wildman–Crippen LogP) is 3.56. The van der Waals surface area contributed by atoms with Crippen molar-refractivity contribution in [2.24, 2.45) is 0 Å². The number of ether oxygens (including phenoxy) is 2. The van der Waals surface area contributed by atoms with Crippen molar-refractivity contribution in [3.8, 4) is 11.5 Å². The van der Waals surface area contributed by atoms with Gasteiger partial charge in [0.05, 0.1) is 17.6 Å². The topological polar surface area (TPSA) is 67.9 Å². The largest absolute Gasteiger partial charge is 0.496 e. The molecule has 29 heavy (non-hydrogen) atoms. The van der Waals surface area contributed by atoms with Crippen molar-refractivity contribution in [1.29, 1.82) is 0 Å². The van der Waals surface area contributed by atoms with Gasteiger partial charge in [0.2, 0.25) is 0 Å². The van der Waals surface area contributed by atoms with Gasteiger partial charge in [-0.1, -0.05) is 42.1 Å². The number of hydrogen-bond acceptors (Lipinski definition) is 6. The molecule has 6 nitrogen and oxygen atoms in total. The first kappa shape index (κ1) is 19.2. The molecule has 0 radical (unpaired) electrons. The van der Waals surface area contributed by atoms with Crippen LogP contribution in [0.15, 0.2) is 65.1 Å². The molecule has 2 heterocycles. The lowest BCUT2D eigenvalue weighted by atomic mass is 10.1.